The Labute approximate surface area is 106 Å². The molecule has 0 amide bonds. The lowest BCUT2D eigenvalue weighted by Gasteiger charge is -2.25. The van der Waals surface area contributed by atoms with Crippen molar-refractivity contribution < 1.29 is 0 Å². The van der Waals surface area contributed by atoms with E-state index in [-0.39, 0.29) is 0 Å². The van der Waals surface area contributed by atoms with Crippen LogP contribution in [0.15, 0.2) is 41.1 Å². The molecule has 3 rings (SSSR count). The van der Waals surface area contributed by atoms with Crippen LogP contribution >= 0.6 is 11.3 Å². The minimum Gasteiger partial charge on any atom is -0.310 e. The molecule has 0 saturated heterocycles. The van der Waals surface area contributed by atoms with Gasteiger partial charge in [-0.05, 0) is 52.8 Å². The average molecular weight is 243 g/mol. The fraction of sp³-hybridized carbons (Fsp3) is 0.333. The van der Waals surface area contributed by atoms with E-state index in [0.717, 1.165) is 6.54 Å². The summed E-state index contributed by atoms with van der Waals surface area (Å²) in [6.45, 7) is 1.01. The molecule has 1 N–H and O–H groups in total. The van der Waals surface area contributed by atoms with E-state index >= 15 is 0 Å². The minimum absolute atomic E-state index is 0.643. The fourth-order valence-electron chi connectivity index (χ4n) is 2.53. The highest BCUT2D eigenvalue weighted by atomic mass is 32.1. The Morgan fingerprint density at radius 3 is 2.88 bits per heavy atom. The molecule has 88 valence electrons. The van der Waals surface area contributed by atoms with E-state index in [2.05, 4.69) is 46.4 Å². The summed E-state index contributed by atoms with van der Waals surface area (Å²) in [6, 6.07) is 11.7. The summed E-state index contributed by atoms with van der Waals surface area (Å²) < 4.78 is 0. The molecule has 0 radical (unpaired) electrons. The number of hydrogen-bond acceptors (Lipinski definition) is 2. The van der Waals surface area contributed by atoms with Crippen LogP contribution in [0, 0.1) is 0 Å². The standard InChI is InChI=1S/C15H17NS/c1-2-4-14-9-15(6-5-13(14)3-1)16-10-12-7-8-17-11-12/h1-4,7-8,11,15-16H,5-6,9-10H2. The maximum absolute atomic E-state index is 3.67. The molecule has 17 heavy (non-hydrogen) atoms. The number of hydrogen-bond donors (Lipinski definition) is 1. The highest BCUT2D eigenvalue weighted by Crippen LogP contribution is 2.21. The van der Waals surface area contributed by atoms with Gasteiger partial charge in [-0.15, -0.1) is 0 Å². The molecule has 0 bridgehead atoms. The molecule has 1 aliphatic rings. The first-order valence-electron chi connectivity index (χ1n) is 6.23. The second-order valence-electron chi connectivity index (χ2n) is 4.72. The highest BCUT2D eigenvalue weighted by Gasteiger charge is 2.17. The molecule has 1 unspecified atom stereocenters. The summed E-state index contributed by atoms with van der Waals surface area (Å²) in [5.41, 5.74) is 4.48. The number of nitrogens with one attached hydrogen (secondary N) is 1. The fourth-order valence-corrected chi connectivity index (χ4v) is 3.20. The van der Waals surface area contributed by atoms with Gasteiger partial charge in [0.15, 0.2) is 0 Å². The molecule has 1 atom stereocenters. The quantitative estimate of drug-likeness (QED) is 0.871. The van der Waals surface area contributed by atoms with Gasteiger partial charge in [0, 0.05) is 12.6 Å². The molecule has 1 aromatic heterocycles. The summed E-state index contributed by atoms with van der Waals surface area (Å²) in [5.74, 6) is 0. The van der Waals surface area contributed by atoms with E-state index in [9.17, 15) is 0 Å². The third-order valence-electron chi connectivity index (χ3n) is 3.52. The molecular weight excluding hydrogens is 226 g/mol. The van der Waals surface area contributed by atoms with Gasteiger partial charge in [-0.2, -0.15) is 11.3 Å². The van der Waals surface area contributed by atoms with Gasteiger partial charge < -0.3 is 5.32 Å². The molecule has 0 aliphatic heterocycles. The van der Waals surface area contributed by atoms with E-state index in [0.29, 0.717) is 6.04 Å². The van der Waals surface area contributed by atoms with Crippen LogP contribution < -0.4 is 5.32 Å². The Balaban J connectivity index is 1.61. The van der Waals surface area contributed by atoms with E-state index in [1.54, 1.807) is 16.9 Å². The van der Waals surface area contributed by atoms with Gasteiger partial charge in [0.25, 0.3) is 0 Å². The number of aryl methyl sites for hydroxylation is 1. The van der Waals surface area contributed by atoms with Gasteiger partial charge in [-0.25, -0.2) is 0 Å². The Morgan fingerprint density at radius 2 is 2.06 bits per heavy atom. The van der Waals surface area contributed by atoms with Crippen molar-refractivity contribution in [3.05, 3.63) is 57.8 Å². The SMILES string of the molecule is c1ccc2c(c1)CCC(NCc1ccsc1)C2. The van der Waals surface area contributed by atoms with Crippen LogP contribution in [0.5, 0.6) is 0 Å². The van der Waals surface area contributed by atoms with Crippen molar-refractivity contribution in [1.29, 1.82) is 0 Å². The number of benzene rings is 1. The number of rotatable bonds is 3. The third kappa shape index (κ3) is 2.59. The third-order valence-corrected chi connectivity index (χ3v) is 4.25. The molecule has 0 spiro atoms. The van der Waals surface area contributed by atoms with Gasteiger partial charge in [0.05, 0.1) is 0 Å². The van der Waals surface area contributed by atoms with Gasteiger partial charge in [-0.1, -0.05) is 24.3 Å². The molecule has 1 heterocycles. The largest absolute Gasteiger partial charge is 0.310 e. The minimum atomic E-state index is 0.643. The molecule has 2 heteroatoms. The zero-order valence-corrected chi connectivity index (χ0v) is 10.7. The maximum atomic E-state index is 3.67. The van der Waals surface area contributed by atoms with Crippen molar-refractivity contribution in [2.24, 2.45) is 0 Å². The zero-order chi connectivity index (χ0) is 11.5. The summed E-state index contributed by atoms with van der Waals surface area (Å²) in [7, 11) is 0. The van der Waals surface area contributed by atoms with E-state index in [1.807, 2.05) is 0 Å². The van der Waals surface area contributed by atoms with Crippen LogP contribution in [0.3, 0.4) is 0 Å². The first-order chi connectivity index (χ1) is 8.42. The zero-order valence-electron chi connectivity index (χ0n) is 9.86. The molecule has 1 aliphatic carbocycles. The first-order valence-corrected chi connectivity index (χ1v) is 7.17. The Kier molecular flexibility index (Phi) is 3.25. The monoisotopic (exact) mass is 243 g/mol. The maximum Gasteiger partial charge on any atom is 0.0216 e. The first kappa shape index (κ1) is 11.0. The van der Waals surface area contributed by atoms with Crippen LogP contribution in [-0.2, 0) is 19.4 Å². The lowest BCUT2D eigenvalue weighted by Crippen LogP contribution is -2.33. The second-order valence-corrected chi connectivity index (χ2v) is 5.50. The Morgan fingerprint density at radius 1 is 1.18 bits per heavy atom. The summed E-state index contributed by atoms with van der Waals surface area (Å²) >= 11 is 1.77. The number of fused-ring (bicyclic) bond motifs is 1. The highest BCUT2D eigenvalue weighted by molar-refractivity contribution is 7.07. The second kappa shape index (κ2) is 5.03. The van der Waals surface area contributed by atoms with Gasteiger partial charge in [-0.3, -0.25) is 0 Å². The van der Waals surface area contributed by atoms with E-state index in [4.69, 9.17) is 0 Å². The van der Waals surface area contributed by atoms with Crippen LogP contribution in [0.4, 0.5) is 0 Å². The Hall–Kier alpha value is -1.12. The van der Waals surface area contributed by atoms with Crippen LogP contribution in [0.25, 0.3) is 0 Å². The van der Waals surface area contributed by atoms with Crippen molar-refractivity contribution in [2.75, 3.05) is 0 Å². The molecule has 0 saturated carbocycles. The van der Waals surface area contributed by atoms with Crippen molar-refractivity contribution >= 4 is 11.3 Å². The molecular formula is C15H17NS. The summed E-state index contributed by atoms with van der Waals surface area (Å²) in [4.78, 5) is 0. The van der Waals surface area contributed by atoms with Crippen LogP contribution in [0.1, 0.15) is 23.1 Å². The van der Waals surface area contributed by atoms with Crippen LogP contribution in [-0.4, -0.2) is 6.04 Å². The van der Waals surface area contributed by atoms with E-state index in [1.165, 1.54) is 30.4 Å². The molecule has 1 nitrogen and oxygen atoms in total. The summed E-state index contributed by atoms with van der Waals surface area (Å²) in [5, 5.41) is 8.04. The molecule has 1 aromatic carbocycles. The predicted molar refractivity (Wildman–Crippen MR) is 73.4 cm³/mol. The number of thiophene rings is 1. The lowest BCUT2D eigenvalue weighted by molar-refractivity contribution is 0.458. The average Bonchev–Trinajstić information content (AvgIpc) is 2.89. The van der Waals surface area contributed by atoms with Gasteiger partial charge in [0.2, 0.25) is 0 Å². The van der Waals surface area contributed by atoms with E-state index < -0.39 is 0 Å². The molecule has 0 fully saturated rings. The van der Waals surface area contributed by atoms with Crippen molar-refractivity contribution in [3.63, 3.8) is 0 Å². The van der Waals surface area contributed by atoms with Gasteiger partial charge >= 0.3 is 0 Å². The normalized spacial score (nSPS) is 18.9. The van der Waals surface area contributed by atoms with Crippen molar-refractivity contribution in [2.45, 2.75) is 31.8 Å². The Bertz CT molecular complexity index is 475. The smallest absolute Gasteiger partial charge is 0.0216 e. The molecule has 2 aromatic rings. The predicted octanol–water partition coefficient (Wildman–Crippen LogP) is 3.40. The lowest BCUT2D eigenvalue weighted by atomic mass is 9.88. The topological polar surface area (TPSA) is 12.0 Å². The van der Waals surface area contributed by atoms with Gasteiger partial charge in [0.1, 0.15) is 0 Å². The van der Waals surface area contributed by atoms with Crippen molar-refractivity contribution in [3.8, 4) is 0 Å². The summed E-state index contributed by atoms with van der Waals surface area (Å²) in [6.07, 6.45) is 3.67. The van der Waals surface area contributed by atoms with Crippen molar-refractivity contribution in [1.82, 2.24) is 5.32 Å². The van der Waals surface area contributed by atoms with Crippen LogP contribution in [0.2, 0.25) is 0 Å².